The van der Waals surface area contributed by atoms with Gasteiger partial charge in [0.05, 0.1) is 5.69 Å². The molecule has 0 bridgehead atoms. The van der Waals surface area contributed by atoms with E-state index in [1.54, 1.807) is 6.20 Å². The van der Waals surface area contributed by atoms with E-state index < -0.39 is 24.0 Å². The van der Waals surface area contributed by atoms with Crippen molar-refractivity contribution in [2.24, 2.45) is 5.92 Å². The molecule has 5 nitrogen and oxygen atoms in total. The maximum atomic E-state index is 13.7. The number of halogens is 3. The quantitative estimate of drug-likeness (QED) is 0.162. The van der Waals surface area contributed by atoms with Gasteiger partial charge in [0, 0.05) is 23.4 Å². The molecule has 1 heterocycles. The molecule has 0 unspecified atom stereocenters. The third-order valence-corrected chi connectivity index (χ3v) is 9.86. The molecule has 0 atom stereocenters. The number of pyridine rings is 1. The number of carbonyl (C=O) groups is 2. The Hall–Kier alpha value is -4.46. The highest BCUT2D eigenvalue weighted by Gasteiger charge is 2.49. The zero-order valence-electron chi connectivity index (χ0n) is 26.4. The summed E-state index contributed by atoms with van der Waals surface area (Å²) in [6, 6.07) is 28.6. The highest BCUT2D eigenvalue weighted by Crippen LogP contribution is 2.51. The maximum Gasteiger partial charge on any atom is 0.405 e. The molecule has 2 amide bonds. The number of amides is 2. The standard InChI is InChI=1S/C39H40F3N3O2/c40-39(41,42)26-44-37(47)38(33-17-7-5-13-29(33)30-14-6-8-18-34(30)38)24-10-1-2-12-27-20-22-28(23-21-27)45-36(46)32-16-4-3-15-31(32)35-19-9-11-25-43-35/h3-9,11,13-19,25,27-28H,1-2,10,12,20-24,26H2,(H,44,47)(H,45,46). The summed E-state index contributed by atoms with van der Waals surface area (Å²) in [6.07, 6.45) is 5.29. The Kier molecular flexibility index (Phi) is 9.76. The predicted octanol–water partition coefficient (Wildman–Crippen LogP) is 8.63. The van der Waals surface area contributed by atoms with Gasteiger partial charge in [0.15, 0.2) is 0 Å². The first-order chi connectivity index (χ1) is 22.8. The van der Waals surface area contributed by atoms with E-state index in [0.717, 1.165) is 84.9 Å². The van der Waals surface area contributed by atoms with Crippen molar-refractivity contribution in [1.29, 1.82) is 0 Å². The van der Waals surface area contributed by atoms with Gasteiger partial charge in [-0.2, -0.15) is 13.2 Å². The van der Waals surface area contributed by atoms with Crippen LogP contribution in [0.4, 0.5) is 13.2 Å². The number of hydrogen-bond acceptors (Lipinski definition) is 3. The van der Waals surface area contributed by atoms with E-state index in [0.29, 0.717) is 17.9 Å². The molecule has 3 aromatic carbocycles. The molecular formula is C39H40F3N3O2. The van der Waals surface area contributed by atoms with Crippen LogP contribution in [0.3, 0.4) is 0 Å². The fourth-order valence-corrected chi connectivity index (χ4v) is 7.57. The second kappa shape index (κ2) is 14.1. The van der Waals surface area contributed by atoms with Gasteiger partial charge in [-0.1, -0.05) is 98.5 Å². The highest BCUT2D eigenvalue weighted by atomic mass is 19.4. The molecule has 2 aliphatic rings. The summed E-state index contributed by atoms with van der Waals surface area (Å²) in [5.74, 6) is -0.0888. The zero-order valence-corrected chi connectivity index (χ0v) is 26.4. The van der Waals surface area contributed by atoms with Crippen LogP contribution in [0, 0.1) is 5.92 Å². The summed E-state index contributed by atoms with van der Waals surface area (Å²) < 4.78 is 39.5. The minimum atomic E-state index is -4.49. The fraction of sp³-hybridized carbons (Fsp3) is 0.359. The number of aromatic nitrogens is 1. The summed E-state index contributed by atoms with van der Waals surface area (Å²) in [7, 11) is 0. The smallest absolute Gasteiger partial charge is 0.349 e. The summed E-state index contributed by atoms with van der Waals surface area (Å²) >= 11 is 0. The van der Waals surface area contributed by atoms with Gasteiger partial charge in [0.1, 0.15) is 12.0 Å². The molecule has 0 saturated heterocycles. The molecule has 4 aromatic rings. The maximum absolute atomic E-state index is 13.7. The molecule has 47 heavy (non-hydrogen) atoms. The van der Waals surface area contributed by atoms with Gasteiger partial charge in [-0.3, -0.25) is 14.6 Å². The van der Waals surface area contributed by atoms with Gasteiger partial charge in [0.2, 0.25) is 5.91 Å². The number of hydrogen-bond donors (Lipinski definition) is 2. The van der Waals surface area contributed by atoms with Gasteiger partial charge in [0.25, 0.3) is 5.91 Å². The van der Waals surface area contributed by atoms with Crippen LogP contribution in [0.1, 0.15) is 79.3 Å². The molecule has 244 valence electrons. The first-order valence-corrected chi connectivity index (χ1v) is 16.6. The lowest BCUT2D eigenvalue weighted by molar-refractivity contribution is -0.141. The second-order valence-electron chi connectivity index (χ2n) is 12.8. The van der Waals surface area contributed by atoms with Crippen molar-refractivity contribution in [3.63, 3.8) is 0 Å². The Bertz CT molecular complexity index is 1650. The number of unbranched alkanes of at least 4 members (excludes halogenated alkanes) is 2. The van der Waals surface area contributed by atoms with E-state index in [1.807, 2.05) is 91.0 Å². The van der Waals surface area contributed by atoms with E-state index in [-0.39, 0.29) is 11.9 Å². The Balaban J connectivity index is 1.02. The Morgan fingerprint density at radius 1 is 0.745 bits per heavy atom. The number of benzene rings is 3. The lowest BCUT2D eigenvalue weighted by Crippen LogP contribution is -2.47. The fourth-order valence-electron chi connectivity index (χ4n) is 7.57. The summed E-state index contributed by atoms with van der Waals surface area (Å²) in [4.78, 5) is 31.4. The Labute approximate surface area is 274 Å². The first kappa shape index (κ1) is 32.5. The topological polar surface area (TPSA) is 71.1 Å². The van der Waals surface area contributed by atoms with Gasteiger partial charge < -0.3 is 10.6 Å². The number of carbonyl (C=O) groups excluding carboxylic acids is 2. The number of nitrogens with one attached hydrogen (secondary N) is 2. The molecule has 2 aliphatic carbocycles. The van der Waals surface area contributed by atoms with Crippen LogP contribution in [0.2, 0.25) is 0 Å². The SMILES string of the molecule is O=C(NC1CCC(CCCCCC2(C(=O)NCC(F)(F)F)c3ccccc3-c3ccccc32)CC1)c1ccccc1-c1ccccn1. The van der Waals surface area contributed by atoms with Crippen LogP contribution in [0.5, 0.6) is 0 Å². The summed E-state index contributed by atoms with van der Waals surface area (Å²) in [6.45, 7) is -1.35. The molecule has 2 N–H and O–H groups in total. The van der Waals surface area contributed by atoms with Crippen molar-refractivity contribution in [3.05, 3.63) is 114 Å². The van der Waals surface area contributed by atoms with E-state index in [4.69, 9.17) is 0 Å². The third-order valence-electron chi connectivity index (χ3n) is 9.86. The molecule has 1 aromatic heterocycles. The van der Waals surface area contributed by atoms with E-state index in [1.165, 1.54) is 0 Å². The van der Waals surface area contributed by atoms with Crippen LogP contribution < -0.4 is 10.6 Å². The molecular weight excluding hydrogens is 599 g/mol. The average molecular weight is 640 g/mol. The molecule has 8 heteroatoms. The van der Waals surface area contributed by atoms with Crippen molar-refractivity contribution in [2.45, 2.75) is 75.4 Å². The number of alkyl halides is 3. The molecule has 0 spiro atoms. The molecule has 1 saturated carbocycles. The average Bonchev–Trinajstić information content (AvgIpc) is 3.38. The Morgan fingerprint density at radius 3 is 2.00 bits per heavy atom. The monoisotopic (exact) mass is 639 g/mol. The minimum Gasteiger partial charge on any atom is -0.349 e. The molecule has 1 fully saturated rings. The van der Waals surface area contributed by atoms with Crippen LogP contribution >= 0.6 is 0 Å². The van der Waals surface area contributed by atoms with Crippen molar-refractivity contribution in [1.82, 2.24) is 15.6 Å². The lowest BCUT2D eigenvalue weighted by atomic mass is 9.73. The largest absolute Gasteiger partial charge is 0.405 e. The van der Waals surface area contributed by atoms with Crippen LogP contribution in [-0.2, 0) is 10.2 Å². The normalized spacial score (nSPS) is 18.2. The third kappa shape index (κ3) is 7.11. The number of fused-ring (bicyclic) bond motifs is 3. The van der Waals surface area contributed by atoms with Crippen molar-refractivity contribution >= 4 is 11.8 Å². The van der Waals surface area contributed by atoms with E-state index in [9.17, 15) is 22.8 Å². The van der Waals surface area contributed by atoms with Gasteiger partial charge >= 0.3 is 6.18 Å². The first-order valence-electron chi connectivity index (χ1n) is 16.6. The predicted molar refractivity (Wildman–Crippen MR) is 178 cm³/mol. The molecule has 0 aliphatic heterocycles. The van der Waals surface area contributed by atoms with Crippen molar-refractivity contribution in [2.75, 3.05) is 6.54 Å². The van der Waals surface area contributed by atoms with E-state index in [2.05, 4.69) is 15.6 Å². The van der Waals surface area contributed by atoms with Crippen molar-refractivity contribution in [3.8, 4) is 22.4 Å². The van der Waals surface area contributed by atoms with E-state index >= 15 is 0 Å². The second-order valence-corrected chi connectivity index (χ2v) is 12.8. The zero-order chi connectivity index (χ0) is 32.9. The van der Waals surface area contributed by atoms with Gasteiger partial charge in [-0.15, -0.1) is 0 Å². The lowest BCUT2D eigenvalue weighted by Gasteiger charge is -2.31. The molecule has 6 rings (SSSR count). The number of nitrogens with zero attached hydrogens (tertiary/aromatic N) is 1. The minimum absolute atomic E-state index is 0.0713. The van der Waals surface area contributed by atoms with Crippen LogP contribution in [0.15, 0.2) is 97.2 Å². The van der Waals surface area contributed by atoms with Crippen LogP contribution in [0.25, 0.3) is 22.4 Å². The van der Waals surface area contributed by atoms with Gasteiger partial charge in [-0.25, -0.2) is 0 Å². The van der Waals surface area contributed by atoms with Gasteiger partial charge in [-0.05, 0) is 78.5 Å². The van der Waals surface area contributed by atoms with Crippen molar-refractivity contribution < 1.29 is 22.8 Å². The number of rotatable bonds is 11. The van der Waals surface area contributed by atoms with Crippen LogP contribution in [-0.4, -0.2) is 35.6 Å². The summed E-state index contributed by atoms with van der Waals surface area (Å²) in [5.41, 5.74) is 4.46. The highest BCUT2D eigenvalue weighted by molar-refractivity contribution is 6.01. The molecule has 0 radical (unpaired) electrons. The Morgan fingerprint density at radius 2 is 1.36 bits per heavy atom. The summed E-state index contributed by atoms with van der Waals surface area (Å²) in [5, 5.41) is 5.47.